The molecule has 7 nitrogen and oxygen atoms in total. The lowest BCUT2D eigenvalue weighted by Gasteiger charge is -2.31. The van der Waals surface area contributed by atoms with Gasteiger partial charge in [-0.25, -0.2) is 8.42 Å². The maximum Gasteiger partial charge on any atom is 0.416 e. The van der Waals surface area contributed by atoms with Crippen molar-refractivity contribution in [3.63, 3.8) is 0 Å². The van der Waals surface area contributed by atoms with Gasteiger partial charge in [-0.1, -0.05) is 18.2 Å². The fourth-order valence-corrected chi connectivity index (χ4v) is 4.58. The van der Waals surface area contributed by atoms with Crippen LogP contribution in [0.4, 0.5) is 24.5 Å². The van der Waals surface area contributed by atoms with E-state index in [0.29, 0.717) is 48.8 Å². The van der Waals surface area contributed by atoms with Gasteiger partial charge in [-0.2, -0.15) is 13.2 Å². The summed E-state index contributed by atoms with van der Waals surface area (Å²) in [5.41, 5.74) is 2.88. The summed E-state index contributed by atoms with van der Waals surface area (Å²) in [6.45, 7) is 4.10. The molecule has 1 aromatic heterocycles. The quantitative estimate of drug-likeness (QED) is 0.473. The van der Waals surface area contributed by atoms with Crippen LogP contribution in [0.2, 0.25) is 0 Å². The van der Waals surface area contributed by atoms with Crippen molar-refractivity contribution >= 4 is 28.0 Å². The van der Waals surface area contributed by atoms with Gasteiger partial charge in [0.25, 0.3) is 5.91 Å². The molecule has 0 bridgehead atoms. The van der Waals surface area contributed by atoms with Crippen LogP contribution in [0.1, 0.15) is 27.2 Å². The standard InChI is InChI=1S/C25H24F3N3O4S/c1-16-22(17-5-6-19(15-36(33)34)23(12-17)31-7-9-35-10-8-31)13-21(14-29-16)30-24(32)18-3-2-4-20(11-18)25(26,27)28/h2-6,11-14,36H,7-10,15H2,1H3,(H,30,32). The number of thiol groups is 1. The maximum atomic E-state index is 13.0. The molecule has 3 aromatic rings. The largest absolute Gasteiger partial charge is 0.416 e. The molecule has 0 unspecified atom stereocenters. The zero-order chi connectivity index (χ0) is 25.9. The Labute approximate surface area is 207 Å². The Morgan fingerprint density at radius 3 is 2.56 bits per heavy atom. The summed E-state index contributed by atoms with van der Waals surface area (Å²) in [4.78, 5) is 19.1. The number of carbonyl (C=O) groups is 1. The van der Waals surface area contributed by atoms with Gasteiger partial charge < -0.3 is 15.0 Å². The van der Waals surface area contributed by atoms with E-state index in [0.717, 1.165) is 23.4 Å². The maximum absolute atomic E-state index is 13.0. The Hall–Kier alpha value is -3.44. The van der Waals surface area contributed by atoms with Gasteiger partial charge in [-0.05, 0) is 48.4 Å². The number of nitrogens with zero attached hydrogens (tertiary/aromatic N) is 2. The molecule has 1 fully saturated rings. The Kier molecular flexibility index (Phi) is 7.60. The van der Waals surface area contributed by atoms with E-state index in [9.17, 15) is 26.4 Å². The fraction of sp³-hybridized carbons (Fsp3) is 0.280. The highest BCUT2D eigenvalue weighted by Crippen LogP contribution is 2.33. The molecule has 1 amide bonds. The van der Waals surface area contributed by atoms with Gasteiger partial charge in [0.15, 0.2) is 0 Å². The highest BCUT2D eigenvalue weighted by Gasteiger charge is 2.31. The summed E-state index contributed by atoms with van der Waals surface area (Å²) in [6, 6.07) is 11.3. The summed E-state index contributed by atoms with van der Waals surface area (Å²) in [5.74, 6) is -0.784. The van der Waals surface area contributed by atoms with Gasteiger partial charge in [-0.3, -0.25) is 9.78 Å². The van der Waals surface area contributed by atoms with E-state index >= 15 is 0 Å². The molecule has 4 rings (SSSR count). The highest BCUT2D eigenvalue weighted by atomic mass is 32.2. The van der Waals surface area contributed by atoms with Crippen molar-refractivity contribution < 1.29 is 31.1 Å². The second-order valence-electron chi connectivity index (χ2n) is 8.32. The molecule has 0 saturated carbocycles. The molecule has 190 valence electrons. The van der Waals surface area contributed by atoms with Crippen LogP contribution < -0.4 is 10.2 Å². The number of ether oxygens (including phenoxy) is 1. The van der Waals surface area contributed by atoms with E-state index in [-0.39, 0.29) is 11.3 Å². The lowest BCUT2D eigenvalue weighted by atomic mass is 10.0. The lowest BCUT2D eigenvalue weighted by molar-refractivity contribution is -0.137. The zero-order valence-corrected chi connectivity index (χ0v) is 20.2. The number of alkyl halides is 3. The van der Waals surface area contributed by atoms with Gasteiger partial charge in [0, 0.05) is 35.6 Å². The van der Waals surface area contributed by atoms with Crippen LogP contribution in [0.5, 0.6) is 0 Å². The Bertz CT molecular complexity index is 1340. The average Bonchev–Trinajstić information content (AvgIpc) is 2.85. The van der Waals surface area contributed by atoms with Crippen molar-refractivity contribution in [1.82, 2.24) is 4.98 Å². The number of rotatable bonds is 6. The monoisotopic (exact) mass is 519 g/mol. The topological polar surface area (TPSA) is 88.6 Å². The number of aromatic nitrogens is 1. The molecule has 0 aliphatic carbocycles. The minimum absolute atomic E-state index is 0.0907. The van der Waals surface area contributed by atoms with E-state index in [4.69, 9.17) is 4.74 Å². The second kappa shape index (κ2) is 10.7. The van der Waals surface area contributed by atoms with Crippen LogP contribution in [-0.2, 0) is 27.4 Å². The molecule has 11 heteroatoms. The number of amides is 1. The van der Waals surface area contributed by atoms with Gasteiger partial charge in [0.05, 0.1) is 36.4 Å². The molecular formula is C25H24F3N3O4S. The average molecular weight is 520 g/mol. The number of aryl methyl sites for hydroxylation is 1. The zero-order valence-electron chi connectivity index (χ0n) is 19.3. The van der Waals surface area contributed by atoms with E-state index in [1.165, 1.54) is 18.3 Å². The summed E-state index contributed by atoms with van der Waals surface area (Å²) in [6.07, 6.45) is -3.12. The van der Waals surface area contributed by atoms with Crippen LogP contribution >= 0.6 is 0 Å². The van der Waals surface area contributed by atoms with Crippen molar-refractivity contribution in [1.29, 1.82) is 0 Å². The number of halogens is 3. The van der Waals surface area contributed by atoms with E-state index < -0.39 is 28.4 Å². The SMILES string of the molecule is Cc1ncc(NC(=O)c2cccc(C(F)(F)F)c2)cc1-c1ccc(C[SH](=O)=O)c(N2CCOCC2)c1. The van der Waals surface area contributed by atoms with Gasteiger partial charge >= 0.3 is 6.18 Å². The smallest absolute Gasteiger partial charge is 0.378 e. The van der Waals surface area contributed by atoms with Gasteiger partial charge in [0.1, 0.15) is 10.7 Å². The first-order valence-electron chi connectivity index (χ1n) is 11.1. The van der Waals surface area contributed by atoms with Crippen molar-refractivity contribution in [2.45, 2.75) is 18.9 Å². The van der Waals surface area contributed by atoms with Crippen LogP contribution in [0.25, 0.3) is 11.1 Å². The molecule has 36 heavy (non-hydrogen) atoms. The number of nitrogens with one attached hydrogen (secondary N) is 1. The Morgan fingerprint density at radius 2 is 1.86 bits per heavy atom. The normalized spacial score (nSPS) is 14.2. The third-order valence-electron chi connectivity index (χ3n) is 5.84. The number of hydrogen-bond donors (Lipinski definition) is 2. The van der Waals surface area contributed by atoms with E-state index in [1.54, 1.807) is 25.1 Å². The Balaban J connectivity index is 1.65. The molecule has 1 N–H and O–H groups in total. The first-order valence-corrected chi connectivity index (χ1v) is 12.5. The summed E-state index contributed by atoms with van der Waals surface area (Å²) in [5, 5.41) is 2.61. The third kappa shape index (κ3) is 6.03. The molecule has 1 saturated heterocycles. The second-order valence-corrected chi connectivity index (χ2v) is 9.31. The fourth-order valence-electron chi connectivity index (χ4n) is 4.04. The number of hydrogen-bond acceptors (Lipinski definition) is 6. The molecule has 0 atom stereocenters. The molecule has 0 radical (unpaired) electrons. The van der Waals surface area contributed by atoms with E-state index in [2.05, 4.69) is 15.2 Å². The van der Waals surface area contributed by atoms with Crippen molar-refractivity contribution in [2.24, 2.45) is 0 Å². The van der Waals surface area contributed by atoms with Crippen LogP contribution in [0.3, 0.4) is 0 Å². The van der Waals surface area contributed by atoms with Gasteiger partial charge in [0.2, 0.25) is 0 Å². The van der Waals surface area contributed by atoms with Crippen LogP contribution in [-0.4, -0.2) is 45.6 Å². The minimum Gasteiger partial charge on any atom is -0.378 e. The summed E-state index contributed by atoms with van der Waals surface area (Å²) >= 11 is 0. The third-order valence-corrected chi connectivity index (χ3v) is 6.44. The van der Waals surface area contributed by atoms with Gasteiger partial charge in [-0.15, -0.1) is 0 Å². The number of pyridine rings is 1. The van der Waals surface area contributed by atoms with Crippen LogP contribution in [0, 0.1) is 6.92 Å². The van der Waals surface area contributed by atoms with Crippen molar-refractivity contribution in [3.8, 4) is 11.1 Å². The molecule has 2 heterocycles. The number of benzene rings is 2. The Morgan fingerprint density at radius 1 is 1.11 bits per heavy atom. The first kappa shape index (κ1) is 25.6. The van der Waals surface area contributed by atoms with Crippen molar-refractivity contribution in [3.05, 3.63) is 77.1 Å². The molecule has 2 aromatic carbocycles. The predicted octanol–water partition coefficient (Wildman–Crippen LogP) is 4.28. The number of anilines is 2. The molecule has 0 spiro atoms. The highest BCUT2D eigenvalue weighted by molar-refractivity contribution is 7.71. The summed E-state index contributed by atoms with van der Waals surface area (Å²) in [7, 11) is -2.62. The minimum atomic E-state index is -4.56. The lowest BCUT2D eigenvalue weighted by Crippen LogP contribution is -2.36. The predicted molar refractivity (Wildman–Crippen MR) is 131 cm³/mol. The number of carbonyl (C=O) groups excluding carboxylic acids is 1. The first-order chi connectivity index (χ1) is 17.1. The van der Waals surface area contributed by atoms with E-state index in [1.807, 2.05) is 6.07 Å². The molecular weight excluding hydrogens is 495 g/mol. The van der Waals surface area contributed by atoms with Crippen molar-refractivity contribution in [2.75, 3.05) is 36.5 Å². The summed E-state index contributed by atoms with van der Waals surface area (Å²) < 4.78 is 67.4. The molecule has 1 aliphatic rings. The number of morpholine rings is 1. The molecule has 1 aliphatic heterocycles. The van der Waals surface area contributed by atoms with Crippen LogP contribution in [0.15, 0.2) is 54.7 Å².